The van der Waals surface area contributed by atoms with Gasteiger partial charge in [0.2, 0.25) is 5.91 Å². The van der Waals surface area contributed by atoms with Crippen LogP contribution < -0.4 is 11.1 Å². The van der Waals surface area contributed by atoms with Crippen molar-refractivity contribution in [2.45, 2.75) is 55.7 Å². The van der Waals surface area contributed by atoms with Gasteiger partial charge in [-0.3, -0.25) is 4.79 Å². The van der Waals surface area contributed by atoms with Gasteiger partial charge in [0, 0.05) is 17.5 Å². The molecular formula is C16H26N2OS. The van der Waals surface area contributed by atoms with Gasteiger partial charge >= 0.3 is 0 Å². The number of carbonyl (C=O) groups is 1. The van der Waals surface area contributed by atoms with Gasteiger partial charge in [-0.05, 0) is 25.0 Å². The Labute approximate surface area is 126 Å². The molecule has 0 aliphatic heterocycles. The lowest BCUT2D eigenvalue weighted by atomic mass is 10.1. The number of nitrogens with two attached hydrogens (primary N) is 1. The highest BCUT2D eigenvalue weighted by molar-refractivity contribution is 8.00. The maximum absolute atomic E-state index is 12.3. The quantitative estimate of drug-likeness (QED) is 0.688. The fraction of sp³-hybridized carbons (Fsp3) is 0.562. The third kappa shape index (κ3) is 5.97. The molecule has 4 heteroatoms. The standard InChI is InChI=1S/C16H26N2OS/c1-3-5-9-13(12-17)18-16(19)15(4-2)20-14-10-7-6-8-11-14/h6-8,10-11,13,15H,3-5,9,12,17H2,1-2H3,(H,18,19). The van der Waals surface area contributed by atoms with Crippen molar-refractivity contribution >= 4 is 17.7 Å². The Balaban J connectivity index is 2.53. The number of carbonyl (C=O) groups excluding carboxylic acids is 1. The van der Waals surface area contributed by atoms with Crippen LogP contribution in [0.25, 0.3) is 0 Å². The Morgan fingerprint density at radius 2 is 2.00 bits per heavy atom. The predicted molar refractivity (Wildman–Crippen MR) is 86.9 cm³/mol. The van der Waals surface area contributed by atoms with E-state index >= 15 is 0 Å². The van der Waals surface area contributed by atoms with E-state index in [1.165, 1.54) is 0 Å². The number of benzene rings is 1. The van der Waals surface area contributed by atoms with Crippen molar-refractivity contribution in [3.05, 3.63) is 30.3 Å². The van der Waals surface area contributed by atoms with Gasteiger partial charge in [-0.1, -0.05) is 44.9 Å². The third-order valence-corrected chi connectivity index (χ3v) is 4.60. The molecule has 1 rings (SSSR count). The Bertz CT molecular complexity index is 383. The molecule has 0 saturated carbocycles. The van der Waals surface area contributed by atoms with Gasteiger partial charge in [-0.2, -0.15) is 0 Å². The van der Waals surface area contributed by atoms with Crippen LogP contribution in [-0.2, 0) is 4.79 Å². The Kier molecular flexibility index (Phi) is 8.38. The van der Waals surface area contributed by atoms with E-state index in [0.29, 0.717) is 6.54 Å². The van der Waals surface area contributed by atoms with Gasteiger partial charge in [0.15, 0.2) is 0 Å². The van der Waals surface area contributed by atoms with Crippen LogP contribution in [0.15, 0.2) is 35.2 Å². The molecule has 1 aromatic carbocycles. The summed E-state index contributed by atoms with van der Waals surface area (Å²) < 4.78 is 0. The van der Waals surface area contributed by atoms with Crippen LogP contribution >= 0.6 is 11.8 Å². The zero-order valence-corrected chi connectivity index (χ0v) is 13.3. The van der Waals surface area contributed by atoms with Crippen LogP contribution in [-0.4, -0.2) is 23.7 Å². The molecule has 20 heavy (non-hydrogen) atoms. The summed E-state index contributed by atoms with van der Waals surface area (Å²) in [5, 5.41) is 3.04. The second kappa shape index (κ2) is 9.83. The number of hydrogen-bond donors (Lipinski definition) is 2. The van der Waals surface area contributed by atoms with Crippen LogP contribution in [0.2, 0.25) is 0 Å². The summed E-state index contributed by atoms with van der Waals surface area (Å²) in [5.41, 5.74) is 5.73. The van der Waals surface area contributed by atoms with E-state index in [1.807, 2.05) is 37.3 Å². The first-order valence-electron chi connectivity index (χ1n) is 7.43. The number of hydrogen-bond acceptors (Lipinski definition) is 3. The molecule has 0 saturated heterocycles. The first-order valence-corrected chi connectivity index (χ1v) is 8.31. The predicted octanol–water partition coefficient (Wildman–Crippen LogP) is 3.19. The van der Waals surface area contributed by atoms with Gasteiger partial charge < -0.3 is 11.1 Å². The highest BCUT2D eigenvalue weighted by Gasteiger charge is 2.20. The molecule has 3 N–H and O–H groups in total. The molecule has 112 valence electrons. The monoisotopic (exact) mass is 294 g/mol. The van der Waals surface area contributed by atoms with E-state index in [2.05, 4.69) is 12.2 Å². The second-order valence-electron chi connectivity index (χ2n) is 4.91. The second-order valence-corrected chi connectivity index (χ2v) is 6.19. The molecule has 0 aromatic heterocycles. The summed E-state index contributed by atoms with van der Waals surface area (Å²) in [5.74, 6) is 0.105. The van der Waals surface area contributed by atoms with Crippen LogP contribution in [0.4, 0.5) is 0 Å². The van der Waals surface area contributed by atoms with E-state index in [1.54, 1.807) is 11.8 Å². The minimum absolute atomic E-state index is 0.0481. The average molecular weight is 294 g/mol. The highest BCUT2D eigenvalue weighted by Crippen LogP contribution is 2.25. The van der Waals surface area contributed by atoms with Crippen molar-refractivity contribution in [1.82, 2.24) is 5.32 Å². The minimum atomic E-state index is -0.0481. The Hall–Kier alpha value is -1.00. The molecule has 0 bridgehead atoms. The van der Waals surface area contributed by atoms with Crippen molar-refractivity contribution in [3.63, 3.8) is 0 Å². The molecule has 0 spiro atoms. The van der Waals surface area contributed by atoms with Crippen molar-refractivity contribution in [3.8, 4) is 0 Å². The normalized spacial score (nSPS) is 13.8. The van der Waals surface area contributed by atoms with Crippen LogP contribution in [0, 0.1) is 0 Å². The average Bonchev–Trinajstić information content (AvgIpc) is 2.49. The summed E-state index contributed by atoms with van der Waals surface area (Å²) in [4.78, 5) is 13.5. The summed E-state index contributed by atoms with van der Waals surface area (Å²) in [6.07, 6.45) is 4.01. The smallest absolute Gasteiger partial charge is 0.233 e. The first-order chi connectivity index (χ1) is 9.71. The van der Waals surface area contributed by atoms with Crippen molar-refractivity contribution in [1.29, 1.82) is 0 Å². The lowest BCUT2D eigenvalue weighted by molar-refractivity contribution is -0.121. The molecule has 1 aromatic rings. The van der Waals surface area contributed by atoms with Crippen molar-refractivity contribution < 1.29 is 4.79 Å². The van der Waals surface area contributed by atoms with Gasteiger partial charge in [-0.15, -0.1) is 11.8 Å². The topological polar surface area (TPSA) is 55.1 Å². The molecular weight excluding hydrogens is 268 g/mol. The molecule has 3 nitrogen and oxygen atoms in total. The zero-order valence-electron chi connectivity index (χ0n) is 12.5. The van der Waals surface area contributed by atoms with E-state index in [-0.39, 0.29) is 17.2 Å². The molecule has 0 aliphatic carbocycles. The van der Waals surface area contributed by atoms with E-state index in [4.69, 9.17) is 5.73 Å². The molecule has 1 amide bonds. The Morgan fingerprint density at radius 3 is 2.55 bits per heavy atom. The third-order valence-electron chi connectivity index (χ3n) is 3.22. The largest absolute Gasteiger partial charge is 0.351 e. The van der Waals surface area contributed by atoms with Crippen LogP contribution in [0.5, 0.6) is 0 Å². The summed E-state index contributed by atoms with van der Waals surface area (Å²) in [6.45, 7) is 4.71. The fourth-order valence-corrected chi connectivity index (χ4v) is 2.96. The molecule has 0 aliphatic rings. The number of amides is 1. The zero-order chi connectivity index (χ0) is 14.8. The van der Waals surface area contributed by atoms with Gasteiger partial charge in [0.05, 0.1) is 5.25 Å². The molecule has 0 radical (unpaired) electrons. The minimum Gasteiger partial charge on any atom is -0.351 e. The number of rotatable bonds is 9. The number of unbranched alkanes of at least 4 members (excludes halogenated alkanes) is 1. The van der Waals surface area contributed by atoms with Crippen molar-refractivity contribution in [2.24, 2.45) is 5.73 Å². The molecule has 0 fully saturated rings. The summed E-state index contributed by atoms with van der Waals surface area (Å²) in [6, 6.07) is 10.2. The fourth-order valence-electron chi connectivity index (χ4n) is 1.98. The Morgan fingerprint density at radius 1 is 1.30 bits per heavy atom. The first kappa shape index (κ1) is 17.1. The molecule has 2 unspecified atom stereocenters. The van der Waals surface area contributed by atoms with Gasteiger partial charge in [0.25, 0.3) is 0 Å². The van der Waals surface area contributed by atoms with Crippen molar-refractivity contribution in [2.75, 3.05) is 6.54 Å². The SMILES string of the molecule is CCCCC(CN)NC(=O)C(CC)Sc1ccccc1. The lowest BCUT2D eigenvalue weighted by Gasteiger charge is -2.20. The molecule has 0 heterocycles. The maximum atomic E-state index is 12.3. The maximum Gasteiger partial charge on any atom is 0.233 e. The van der Waals surface area contributed by atoms with E-state index in [0.717, 1.165) is 30.6 Å². The van der Waals surface area contributed by atoms with Crippen LogP contribution in [0.1, 0.15) is 39.5 Å². The molecule has 2 atom stereocenters. The number of thioether (sulfide) groups is 1. The van der Waals surface area contributed by atoms with Crippen LogP contribution in [0.3, 0.4) is 0 Å². The van der Waals surface area contributed by atoms with Gasteiger partial charge in [0.1, 0.15) is 0 Å². The van der Waals surface area contributed by atoms with E-state index in [9.17, 15) is 4.79 Å². The highest BCUT2D eigenvalue weighted by atomic mass is 32.2. The number of nitrogens with one attached hydrogen (secondary N) is 1. The summed E-state index contributed by atoms with van der Waals surface area (Å²) >= 11 is 1.62. The van der Waals surface area contributed by atoms with Gasteiger partial charge in [-0.25, -0.2) is 0 Å². The summed E-state index contributed by atoms with van der Waals surface area (Å²) in [7, 11) is 0. The lowest BCUT2D eigenvalue weighted by Crippen LogP contribution is -2.44. The van der Waals surface area contributed by atoms with E-state index < -0.39 is 0 Å².